The number of carbonyl (C=O) groups is 2. The van der Waals surface area contributed by atoms with Gasteiger partial charge in [0, 0.05) is 18.7 Å². The first-order chi connectivity index (χ1) is 14.6. The zero-order valence-electron chi connectivity index (χ0n) is 16.6. The summed E-state index contributed by atoms with van der Waals surface area (Å²) in [5.41, 5.74) is 1.88. The normalized spacial score (nSPS) is 11.5. The van der Waals surface area contributed by atoms with Crippen LogP contribution in [0.5, 0.6) is 0 Å². The summed E-state index contributed by atoms with van der Waals surface area (Å²) in [4.78, 5) is 24.5. The monoisotopic (exact) mass is 421 g/mol. The highest BCUT2D eigenvalue weighted by atomic mass is 32.2. The first-order valence-corrected chi connectivity index (χ1v) is 10.3. The molecule has 0 saturated carbocycles. The molecule has 2 N–H and O–H groups in total. The van der Waals surface area contributed by atoms with Crippen molar-refractivity contribution in [2.45, 2.75) is 30.4 Å². The Morgan fingerprint density at radius 3 is 2.43 bits per heavy atom. The van der Waals surface area contributed by atoms with Crippen LogP contribution in [0.2, 0.25) is 0 Å². The molecule has 0 saturated heterocycles. The lowest BCUT2D eigenvalue weighted by Crippen LogP contribution is -2.42. The van der Waals surface area contributed by atoms with Gasteiger partial charge < -0.3 is 5.32 Å². The average molecular weight is 422 g/mol. The number of imide groups is 1. The van der Waals surface area contributed by atoms with Crippen molar-refractivity contribution >= 4 is 23.7 Å². The largest absolute Gasteiger partial charge is 0.334 e. The fraction of sp³-hybridized carbons (Fsp3) is 0.182. The van der Waals surface area contributed by atoms with E-state index in [0.717, 1.165) is 11.1 Å². The Morgan fingerprint density at radius 1 is 1.10 bits per heavy atom. The highest BCUT2D eigenvalue weighted by Gasteiger charge is 2.21. The lowest BCUT2D eigenvalue weighted by molar-refractivity contribution is -0.119. The summed E-state index contributed by atoms with van der Waals surface area (Å²) < 4.78 is 1.90. The zero-order valence-corrected chi connectivity index (χ0v) is 17.4. The summed E-state index contributed by atoms with van der Waals surface area (Å²) in [6, 6.07) is 18.6. The van der Waals surface area contributed by atoms with Gasteiger partial charge in [0.05, 0.1) is 5.25 Å². The molecule has 3 amide bonds. The van der Waals surface area contributed by atoms with Crippen molar-refractivity contribution in [2.75, 3.05) is 0 Å². The quantitative estimate of drug-likeness (QED) is 0.428. The second kappa shape index (κ2) is 10.4. The molecule has 0 radical (unpaired) electrons. The van der Waals surface area contributed by atoms with E-state index in [1.807, 2.05) is 65.2 Å². The number of amides is 3. The molecule has 0 fully saturated rings. The zero-order chi connectivity index (χ0) is 21.3. The van der Waals surface area contributed by atoms with Crippen LogP contribution >= 0.6 is 11.8 Å². The summed E-state index contributed by atoms with van der Waals surface area (Å²) in [7, 11) is 0. The van der Waals surface area contributed by atoms with Crippen LogP contribution in [0.3, 0.4) is 0 Å². The number of allylic oxidation sites excluding steroid dienone is 1. The van der Waals surface area contributed by atoms with Crippen LogP contribution in [0.1, 0.15) is 12.5 Å². The van der Waals surface area contributed by atoms with Crippen molar-refractivity contribution in [1.82, 2.24) is 25.4 Å². The maximum atomic E-state index is 12.4. The molecule has 3 rings (SSSR count). The Kier molecular flexibility index (Phi) is 7.40. The van der Waals surface area contributed by atoms with Gasteiger partial charge in [0.15, 0.2) is 11.0 Å². The number of benzene rings is 2. The van der Waals surface area contributed by atoms with E-state index in [1.54, 1.807) is 13.0 Å². The molecule has 154 valence electrons. The van der Waals surface area contributed by atoms with E-state index in [2.05, 4.69) is 27.4 Å². The third-order valence-electron chi connectivity index (χ3n) is 4.24. The Labute approximate surface area is 179 Å². The number of hydrogen-bond donors (Lipinski definition) is 2. The van der Waals surface area contributed by atoms with Gasteiger partial charge in [0.25, 0.3) is 0 Å². The number of carbonyl (C=O) groups excluding carboxylic acids is 2. The second-order valence-electron chi connectivity index (χ2n) is 6.49. The third kappa shape index (κ3) is 5.57. The van der Waals surface area contributed by atoms with Crippen LogP contribution in [-0.4, -0.2) is 32.0 Å². The Hall–Kier alpha value is -3.39. The molecule has 8 heteroatoms. The fourth-order valence-corrected chi connectivity index (χ4v) is 3.58. The molecule has 1 heterocycles. The molecule has 0 aliphatic heterocycles. The van der Waals surface area contributed by atoms with Crippen LogP contribution in [0.15, 0.2) is 78.5 Å². The molecule has 7 nitrogen and oxygen atoms in total. The molecule has 0 bridgehead atoms. The van der Waals surface area contributed by atoms with Gasteiger partial charge in [0.2, 0.25) is 5.91 Å². The SMILES string of the molecule is C=CCn1c(S[C@@H](C)C(=O)NC(=O)NCc2ccccc2)nnc1-c1ccccc1. The van der Waals surface area contributed by atoms with Gasteiger partial charge in [-0.2, -0.15) is 0 Å². The highest BCUT2D eigenvalue weighted by Crippen LogP contribution is 2.26. The number of nitrogens with one attached hydrogen (secondary N) is 2. The summed E-state index contributed by atoms with van der Waals surface area (Å²) in [5, 5.41) is 13.6. The minimum absolute atomic E-state index is 0.343. The predicted molar refractivity (Wildman–Crippen MR) is 118 cm³/mol. The van der Waals surface area contributed by atoms with Crippen LogP contribution in [-0.2, 0) is 17.9 Å². The molecule has 30 heavy (non-hydrogen) atoms. The van der Waals surface area contributed by atoms with Crippen molar-refractivity contribution in [3.05, 3.63) is 78.9 Å². The Morgan fingerprint density at radius 2 is 1.77 bits per heavy atom. The van der Waals surface area contributed by atoms with Gasteiger partial charge in [-0.05, 0) is 12.5 Å². The fourth-order valence-electron chi connectivity index (χ4n) is 2.72. The molecule has 0 spiro atoms. The smallest absolute Gasteiger partial charge is 0.321 e. The topological polar surface area (TPSA) is 88.9 Å². The Bertz CT molecular complexity index is 1000. The molecular formula is C22H23N5O2S. The van der Waals surface area contributed by atoms with Gasteiger partial charge >= 0.3 is 6.03 Å². The molecular weight excluding hydrogens is 398 g/mol. The van der Waals surface area contributed by atoms with Crippen molar-refractivity contribution in [3.8, 4) is 11.4 Å². The molecule has 0 aliphatic rings. The number of aromatic nitrogens is 3. The van der Waals surface area contributed by atoms with E-state index in [4.69, 9.17) is 0 Å². The summed E-state index contributed by atoms with van der Waals surface area (Å²) in [6.45, 7) is 6.36. The summed E-state index contributed by atoms with van der Waals surface area (Å²) in [6.07, 6.45) is 1.75. The predicted octanol–water partition coefficient (Wildman–Crippen LogP) is 3.64. The standard InChI is InChI=1S/C22H23N5O2S/c1-3-14-27-19(18-12-8-5-9-13-18)25-26-22(27)30-16(2)20(28)24-21(29)23-15-17-10-6-4-7-11-17/h3-13,16H,1,14-15H2,2H3,(H2,23,24,28,29)/t16-/m0/s1. The van der Waals surface area contributed by atoms with Crippen molar-refractivity contribution in [2.24, 2.45) is 0 Å². The van der Waals surface area contributed by atoms with Crippen LogP contribution in [0.4, 0.5) is 4.79 Å². The van der Waals surface area contributed by atoms with E-state index in [-0.39, 0.29) is 0 Å². The maximum Gasteiger partial charge on any atom is 0.321 e. The van der Waals surface area contributed by atoms with E-state index < -0.39 is 17.2 Å². The molecule has 0 unspecified atom stereocenters. The first-order valence-electron chi connectivity index (χ1n) is 9.47. The van der Waals surface area contributed by atoms with Crippen LogP contribution in [0.25, 0.3) is 11.4 Å². The Balaban J connectivity index is 1.61. The van der Waals surface area contributed by atoms with E-state index in [0.29, 0.717) is 24.1 Å². The molecule has 2 aromatic carbocycles. The number of thioether (sulfide) groups is 1. The summed E-state index contributed by atoms with van der Waals surface area (Å²) >= 11 is 1.24. The minimum atomic E-state index is -0.538. The lowest BCUT2D eigenvalue weighted by Gasteiger charge is -2.13. The maximum absolute atomic E-state index is 12.4. The third-order valence-corrected chi connectivity index (χ3v) is 5.33. The number of rotatable bonds is 8. The van der Waals surface area contributed by atoms with Crippen LogP contribution in [0, 0.1) is 0 Å². The molecule has 1 atom stereocenters. The second-order valence-corrected chi connectivity index (χ2v) is 7.80. The first kappa shape index (κ1) is 21.3. The van der Waals surface area contributed by atoms with Crippen molar-refractivity contribution < 1.29 is 9.59 Å². The summed E-state index contributed by atoms with van der Waals surface area (Å²) in [5.74, 6) is 0.297. The molecule has 1 aromatic heterocycles. The number of nitrogens with zero attached hydrogens (tertiary/aromatic N) is 3. The van der Waals surface area contributed by atoms with Crippen molar-refractivity contribution in [1.29, 1.82) is 0 Å². The van der Waals surface area contributed by atoms with Gasteiger partial charge in [-0.15, -0.1) is 16.8 Å². The van der Waals surface area contributed by atoms with Crippen molar-refractivity contribution in [3.63, 3.8) is 0 Å². The van der Waals surface area contributed by atoms with E-state index in [1.165, 1.54) is 11.8 Å². The van der Waals surface area contributed by atoms with Gasteiger partial charge in [-0.3, -0.25) is 14.7 Å². The molecule has 3 aromatic rings. The highest BCUT2D eigenvalue weighted by molar-refractivity contribution is 8.00. The van der Waals surface area contributed by atoms with Gasteiger partial charge in [-0.1, -0.05) is 78.5 Å². The molecule has 0 aliphatic carbocycles. The van der Waals surface area contributed by atoms with E-state index >= 15 is 0 Å². The van der Waals surface area contributed by atoms with Crippen LogP contribution < -0.4 is 10.6 Å². The number of hydrogen-bond acceptors (Lipinski definition) is 5. The van der Waals surface area contributed by atoms with Gasteiger partial charge in [0.1, 0.15) is 0 Å². The van der Waals surface area contributed by atoms with Gasteiger partial charge in [-0.25, -0.2) is 4.79 Å². The number of urea groups is 1. The minimum Gasteiger partial charge on any atom is -0.334 e. The van der Waals surface area contributed by atoms with E-state index in [9.17, 15) is 9.59 Å². The average Bonchev–Trinajstić information content (AvgIpc) is 3.16. The lowest BCUT2D eigenvalue weighted by atomic mass is 10.2.